The number of hydrogen-bond donors (Lipinski definition) is 2. The molecule has 3 rings (SSSR count). The van der Waals surface area contributed by atoms with E-state index in [0.29, 0.717) is 17.9 Å². The van der Waals surface area contributed by atoms with Crippen molar-refractivity contribution in [3.05, 3.63) is 22.4 Å². The minimum atomic E-state index is -0.135. The first-order valence-corrected chi connectivity index (χ1v) is 8.32. The van der Waals surface area contributed by atoms with Crippen LogP contribution in [-0.4, -0.2) is 31.9 Å². The van der Waals surface area contributed by atoms with E-state index >= 15 is 0 Å². The number of hydrogen-bond acceptors (Lipinski definition) is 4. The highest BCUT2D eigenvalue weighted by atomic mass is 79.9. The third-order valence-electron chi connectivity index (χ3n) is 4.03. The Kier molecular flexibility index (Phi) is 4.17. The monoisotopic (exact) mass is 352 g/mol. The van der Waals surface area contributed by atoms with Gasteiger partial charge in [0.15, 0.2) is 0 Å². The van der Waals surface area contributed by atoms with E-state index in [1.807, 2.05) is 10.7 Å². The summed E-state index contributed by atoms with van der Waals surface area (Å²) in [5, 5.41) is 17.6. The maximum Gasteiger partial charge on any atom is 0.241 e. The van der Waals surface area contributed by atoms with Crippen LogP contribution in [0.15, 0.2) is 16.7 Å². The molecule has 1 saturated carbocycles. The van der Waals surface area contributed by atoms with Gasteiger partial charge >= 0.3 is 0 Å². The number of fused-ring (bicyclic) bond motifs is 1. The quantitative estimate of drug-likeness (QED) is 0.889. The Hall–Kier alpha value is -1.14. The van der Waals surface area contributed by atoms with Gasteiger partial charge in [-0.1, -0.05) is 0 Å². The van der Waals surface area contributed by atoms with Crippen molar-refractivity contribution in [1.82, 2.24) is 14.6 Å². The van der Waals surface area contributed by atoms with E-state index in [-0.39, 0.29) is 6.10 Å². The molecule has 0 aliphatic heterocycles. The number of anilines is 1. The van der Waals surface area contributed by atoms with Gasteiger partial charge in [0, 0.05) is 22.1 Å². The van der Waals surface area contributed by atoms with Crippen LogP contribution in [-0.2, 0) is 0 Å². The van der Waals surface area contributed by atoms with Crippen molar-refractivity contribution in [3.63, 3.8) is 0 Å². The normalized spacial score (nSPS) is 22.9. The Morgan fingerprint density at radius 1 is 1.33 bits per heavy atom. The van der Waals surface area contributed by atoms with Crippen molar-refractivity contribution in [2.75, 3.05) is 5.32 Å². The summed E-state index contributed by atoms with van der Waals surface area (Å²) in [5.74, 6) is 1.10. The Morgan fingerprint density at radius 3 is 2.71 bits per heavy atom. The fourth-order valence-electron chi connectivity index (χ4n) is 2.96. The first-order chi connectivity index (χ1) is 10.0. The number of aliphatic hydroxyl groups excluding tert-OH is 1. The van der Waals surface area contributed by atoms with Gasteiger partial charge in [-0.2, -0.15) is 0 Å². The van der Waals surface area contributed by atoms with Gasteiger partial charge in [-0.05, 0) is 61.5 Å². The summed E-state index contributed by atoms with van der Waals surface area (Å²) in [5.41, 5.74) is 2.20. The molecule has 0 spiro atoms. The lowest BCUT2D eigenvalue weighted by atomic mass is 9.85. The Balaban J connectivity index is 1.97. The number of halogens is 1. The van der Waals surface area contributed by atoms with Crippen LogP contribution in [0.4, 0.5) is 5.95 Å². The Labute approximate surface area is 132 Å². The van der Waals surface area contributed by atoms with Crippen LogP contribution in [0.5, 0.6) is 0 Å². The molecule has 2 N–H and O–H groups in total. The molecule has 114 valence electrons. The van der Waals surface area contributed by atoms with Gasteiger partial charge in [-0.25, -0.2) is 9.50 Å². The molecule has 0 atom stereocenters. The standard InChI is InChI=1S/C15H21BrN4O/c1-9(2)18-15-17-8-14-12(16)7-13(20(14)19-15)10-3-5-11(21)6-4-10/h7-11,21H,3-6H2,1-2H3,(H,18,19). The Bertz CT molecular complexity index is 632. The summed E-state index contributed by atoms with van der Waals surface area (Å²) in [6.07, 6.45) is 5.48. The topological polar surface area (TPSA) is 62.5 Å². The molecular weight excluding hydrogens is 332 g/mol. The number of rotatable bonds is 3. The second kappa shape index (κ2) is 5.93. The number of aromatic nitrogens is 3. The van der Waals surface area contributed by atoms with Crippen molar-refractivity contribution in [2.24, 2.45) is 0 Å². The van der Waals surface area contributed by atoms with Crippen molar-refractivity contribution >= 4 is 27.4 Å². The lowest BCUT2D eigenvalue weighted by Crippen LogP contribution is -2.19. The van der Waals surface area contributed by atoms with Gasteiger partial charge in [0.2, 0.25) is 5.95 Å². The van der Waals surface area contributed by atoms with E-state index in [0.717, 1.165) is 35.7 Å². The SMILES string of the molecule is CC(C)Nc1ncc2c(Br)cc(C3CCC(O)CC3)n2n1. The first kappa shape index (κ1) is 14.8. The fraction of sp³-hybridized carbons (Fsp3) is 0.600. The van der Waals surface area contributed by atoms with E-state index < -0.39 is 0 Å². The zero-order chi connectivity index (χ0) is 15.0. The molecule has 0 radical (unpaired) electrons. The maximum absolute atomic E-state index is 9.68. The van der Waals surface area contributed by atoms with Crippen LogP contribution in [0.3, 0.4) is 0 Å². The van der Waals surface area contributed by atoms with Gasteiger partial charge in [-0.15, -0.1) is 5.10 Å². The molecule has 1 aliphatic carbocycles. The summed E-state index contributed by atoms with van der Waals surface area (Å²) in [6, 6.07) is 2.45. The molecule has 21 heavy (non-hydrogen) atoms. The number of nitrogens with zero attached hydrogens (tertiary/aromatic N) is 3. The summed E-state index contributed by atoms with van der Waals surface area (Å²) in [7, 11) is 0. The van der Waals surface area contributed by atoms with Crippen LogP contribution >= 0.6 is 15.9 Å². The van der Waals surface area contributed by atoms with Crippen LogP contribution in [0.2, 0.25) is 0 Å². The second-order valence-corrected chi connectivity index (χ2v) is 6.95. The predicted octanol–water partition coefficient (Wildman–Crippen LogP) is 3.33. The van der Waals surface area contributed by atoms with E-state index in [2.05, 4.69) is 51.2 Å². The smallest absolute Gasteiger partial charge is 0.241 e. The minimum Gasteiger partial charge on any atom is -0.393 e. The van der Waals surface area contributed by atoms with Crippen molar-refractivity contribution in [3.8, 4) is 0 Å². The molecule has 2 heterocycles. The lowest BCUT2D eigenvalue weighted by Gasteiger charge is -2.25. The van der Waals surface area contributed by atoms with Crippen molar-refractivity contribution in [2.45, 2.75) is 57.6 Å². The lowest BCUT2D eigenvalue weighted by molar-refractivity contribution is 0.121. The highest BCUT2D eigenvalue weighted by molar-refractivity contribution is 9.10. The molecule has 2 aromatic heterocycles. The average Bonchev–Trinajstić information content (AvgIpc) is 2.76. The summed E-state index contributed by atoms with van der Waals surface area (Å²) in [4.78, 5) is 4.37. The number of nitrogens with one attached hydrogen (secondary N) is 1. The molecule has 5 nitrogen and oxygen atoms in total. The molecule has 0 unspecified atom stereocenters. The third-order valence-corrected chi connectivity index (χ3v) is 4.66. The van der Waals surface area contributed by atoms with Crippen LogP contribution in [0.1, 0.15) is 51.1 Å². The van der Waals surface area contributed by atoms with E-state index in [1.54, 1.807) is 0 Å². The van der Waals surface area contributed by atoms with E-state index in [9.17, 15) is 5.11 Å². The molecule has 0 bridgehead atoms. The number of aliphatic hydroxyl groups is 1. The molecule has 0 amide bonds. The fourth-order valence-corrected chi connectivity index (χ4v) is 3.47. The predicted molar refractivity (Wildman–Crippen MR) is 86.7 cm³/mol. The average molecular weight is 353 g/mol. The van der Waals surface area contributed by atoms with Gasteiger partial charge < -0.3 is 10.4 Å². The first-order valence-electron chi connectivity index (χ1n) is 7.53. The van der Waals surface area contributed by atoms with Crippen molar-refractivity contribution in [1.29, 1.82) is 0 Å². The third kappa shape index (κ3) is 3.06. The molecule has 6 heteroatoms. The zero-order valence-electron chi connectivity index (χ0n) is 12.4. The molecule has 2 aromatic rings. The van der Waals surface area contributed by atoms with Gasteiger partial charge in [0.25, 0.3) is 0 Å². The van der Waals surface area contributed by atoms with Gasteiger partial charge in [0.1, 0.15) is 0 Å². The molecule has 0 saturated heterocycles. The molecule has 1 fully saturated rings. The molecule has 1 aliphatic rings. The zero-order valence-corrected chi connectivity index (χ0v) is 14.0. The summed E-state index contributed by atoms with van der Waals surface area (Å²) < 4.78 is 3.02. The molecular formula is C15H21BrN4O. The highest BCUT2D eigenvalue weighted by Gasteiger charge is 2.24. The summed E-state index contributed by atoms with van der Waals surface area (Å²) >= 11 is 3.60. The maximum atomic E-state index is 9.68. The highest BCUT2D eigenvalue weighted by Crippen LogP contribution is 2.36. The van der Waals surface area contributed by atoms with Crippen molar-refractivity contribution < 1.29 is 5.11 Å². The van der Waals surface area contributed by atoms with Crippen LogP contribution in [0.25, 0.3) is 5.52 Å². The minimum absolute atomic E-state index is 0.135. The van der Waals surface area contributed by atoms with Crippen LogP contribution < -0.4 is 5.32 Å². The Morgan fingerprint density at radius 2 is 2.05 bits per heavy atom. The largest absolute Gasteiger partial charge is 0.393 e. The van der Waals surface area contributed by atoms with Crippen LogP contribution in [0, 0.1) is 0 Å². The van der Waals surface area contributed by atoms with Gasteiger partial charge in [-0.3, -0.25) is 0 Å². The van der Waals surface area contributed by atoms with E-state index in [1.165, 1.54) is 5.69 Å². The second-order valence-electron chi connectivity index (χ2n) is 6.10. The molecule has 0 aromatic carbocycles. The van der Waals surface area contributed by atoms with E-state index in [4.69, 9.17) is 0 Å². The summed E-state index contributed by atoms with van der Waals surface area (Å²) in [6.45, 7) is 4.14. The van der Waals surface area contributed by atoms with Gasteiger partial charge in [0.05, 0.1) is 17.8 Å².